The number of primary amides is 2. The van der Waals surface area contributed by atoms with Gasteiger partial charge in [-0.05, 0) is 23.8 Å². The first-order valence-electron chi connectivity index (χ1n) is 5.52. The summed E-state index contributed by atoms with van der Waals surface area (Å²) in [6.07, 6.45) is 0. The van der Waals surface area contributed by atoms with Crippen LogP contribution in [0.3, 0.4) is 0 Å². The van der Waals surface area contributed by atoms with Crippen molar-refractivity contribution in [1.82, 2.24) is 0 Å². The molecule has 0 saturated carbocycles. The number of thiophene rings is 1. The number of nitrogens with one attached hydrogen (secondary N) is 1. The molecule has 0 fully saturated rings. The molecular weight excluding hydrogens is 276 g/mol. The van der Waals surface area contributed by atoms with E-state index in [1.54, 1.807) is 30.3 Å². The summed E-state index contributed by atoms with van der Waals surface area (Å²) < 4.78 is 0. The van der Waals surface area contributed by atoms with Gasteiger partial charge in [-0.25, -0.2) is 4.79 Å². The van der Waals surface area contributed by atoms with Crippen LogP contribution >= 0.6 is 11.3 Å². The van der Waals surface area contributed by atoms with Crippen LogP contribution in [0.2, 0.25) is 0 Å². The van der Waals surface area contributed by atoms with Crippen LogP contribution in [0.4, 0.5) is 9.80 Å². The van der Waals surface area contributed by atoms with Gasteiger partial charge in [0.25, 0.3) is 5.91 Å². The Hall–Kier alpha value is -2.85. The van der Waals surface area contributed by atoms with Gasteiger partial charge in [0.1, 0.15) is 5.00 Å². The molecule has 0 unspecified atom stereocenters. The molecule has 7 heteroatoms. The van der Waals surface area contributed by atoms with Crippen LogP contribution in [0.15, 0.2) is 30.3 Å². The Bertz CT molecular complexity index is 713. The first-order valence-corrected chi connectivity index (χ1v) is 6.33. The SMILES string of the molecule is N#Cc1ccc(-c2cc(C(N)=O)c(NC(N)=O)s2)cc1. The van der Waals surface area contributed by atoms with Crippen molar-refractivity contribution in [2.24, 2.45) is 11.5 Å². The molecule has 0 atom stereocenters. The third-order valence-electron chi connectivity index (χ3n) is 2.53. The van der Waals surface area contributed by atoms with Crippen LogP contribution in [0.5, 0.6) is 0 Å². The zero-order valence-corrected chi connectivity index (χ0v) is 11.0. The predicted octanol–water partition coefficient (Wildman–Crippen LogP) is 1.88. The summed E-state index contributed by atoms with van der Waals surface area (Å²) in [5, 5.41) is 11.4. The Balaban J connectivity index is 2.44. The molecule has 2 rings (SSSR count). The highest BCUT2D eigenvalue weighted by Gasteiger charge is 2.15. The van der Waals surface area contributed by atoms with Gasteiger partial charge in [0, 0.05) is 4.88 Å². The minimum atomic E-state index is -0.763. The average Bonchev–Trinajstić information content (AvgIpc) is 2.82. The maximum absolute atomic E-state index is 11.3. The lowest BCUT2D eigenvalue weighted by Crippen LogP contribution is -2.21. The Morgan fingerprint density at radius 2 is 1.85 bits per heavy atom. The molecule has 6 nitrogen and oxygen atoms in total. The molecule has 0 bridgehead atoms. The molecule has 20 heavy (non-hydrogen) atoms. The molecule has 1 aromatic heterocycles. The Morgan fingerprint density at radius 3 is 2.35 bits per heavy atom. The summed E-state index contributed by atoms with van der Waals surface area (Å²) in [5.74, 6) is -0.648. The van der Waals surface area contributed by atoms with E-state index in [9.17, 15) is 9.59 Å². The number of nitriles is 1. The molecule has 1 heterocycles. The fourth-order valence-corrected chi connectivity index (χ4v) is 2.70. The highest BCUT2D eigenvalue weighted by Crippen LogP contribution is 2.35. The lowest BCUT2D eigenvalue weighted by molar-refractivity contribution is 0.100. The molecular formula is C13H10N4O2S. The van der Waals surface area contributed by atoms with Gasteiger partial charge < -0.3 is 11.5 Å². The largest absolute Gasteiger partial charge is 0.366 e. The van der Waals surface area contributed by atoms with E-state index in [2.05, 4.69) is 5.32 Å². The minimum absolute atomic E-state index is 0.202. The number of urea groups is 1. The maximum Gasteiger partial charge on any atom is 0.317 e. The first-order chi connectivity index (χ1) is 9.51. The zero-order valence-electron chi connectivity index (χ0n) is 10.2. The van der Waals surface area contributed by atoms with Crippen LogP contribution in [-0.4, -0.2) is 11.9 Å². The number of carbonyl (C=O) groups excluding carboxylic acids is 2. The van der Waals surface area contributed by atoms with Gasteiger partial charge >= 0.3 is 6.03 Å². The first kappa shape index (κ1) is 13.6. The molecule has 0 aliphatic heterocycles. The fourth-order valence-electron chi connectivity index (χ4n) is 1.63. The lowest BCUT2D eigenvalue weighted by Gasteiger charge is -1.99. The molecule has 1 aromatic carbocycles. The monoisotopic (exact) mass is 286 g/mol. The smallest absolute Gasteiger partial charge is 0.317 e. The second-order valence-electron chi connectivity index (χ2n) is 3.90. The van der Waals surface area contributed by atoms with Gasteiger partial charge in [-0.15, -0.1) is 11.3 Å². The lowest BCUT2D eigenvalue weighted by atomic mass is 10.1. The number of hydrogen-bond acceptors (Lipinski definition) is 4. The topological polar surface area (TPSA) is 122 Å². The van der Waals surface area contributed by atoms with Crippen LogP contribution in [0.25, 0.3) is 10.4 Å². The van der Waals surface area contributed by atoms with Crippen molar-refractivity contribution in [2.75, 3.05) is 5.32 Å². The quantitative estimate of drug-likeness (QED) is 0.798. The summed E-state index contributed by atoms with van der Waals surface area (Å²) >= 11 is 1.19. The number of benzene rings is 1. The van der Waals surface area contributed by atoms with Crippen molar-refractivity contribution >= 4 is 28.3 Å². The molecule has 2 aromatic rings. The number of rotatable bonds is 3. The molecule has 0 aliphatic rings. The van der Waals surface area contributed by atoms with Gasteiger partial charge in [-0.3, -0.25) is 10.1 Å². The van der Waals surface area contributed by atoms with Crippen LogP contribution in [-0.2, 0) is 0 Å². The van der Waals surface area contributed by atoms with E-state index in [1.165, 1.54) is 11.3 Å². The summed E-state index contributed by atoms with van der Waals surface area (Å²) in [6.45, 7) is 0. The van der Waals surface area contributed by atoms with Crippen molar-refractivity contribution < 1.29 is 9.59 Å². The van der Waals surface area contributed by atoms with Crippen molar-refractivity contribution in [2.45, 2.75) is 0 Å². The number of hydrogen-bond donors (Lipinski definition) is 3. The molecule has 5 N–H and O–H groups in total. The summed E-state index contributed by atoms with van der Waals surface area (Å²) in [6, 6.07) is 9.68. The van der Waals surface area contributed by atoms with E-state index in [0.29, 0.717) is 10.6 Å². The Morgan fingerprint density at radius 1 is 1.20 bits per heavy atom. The number of anilines is 1. The molecule has 0 aliphatic carbocycles. The fraction of sp³-hybridized carbons (Fsp3) is 0. The predicted molar refractivity (Wildman–Crippen MR) is 76.2 cm³/mol. The summed E-state index contributed by atoms with van der Waals surface area (Å²) in [7, 11) is 0. The average molecular weight is 286 g/mol. The number of amides is 3. The van der Waals surface area contributed by atoms with Crippen LogP contribution < -0.4 is 16.8 Å². The Labute approximate surface area is 118 Å². The highest BCUT2D eigenvalue weighted by atomic mass is 32.1. The van der Waals surface area contributed by atoms with Crippen LogP contribution in [0.1, 0.15) is 15.9 Å². The van der Waals surface area contributed by atoms with Crippen molar-refractivity contribution in [1.29, 1.82) is 5.26 Å². The molecule has 0 spiro atoms. The van der Waals surface area contributed by atoms with Gasteiger partial charge in [0.15, 0.2) is 0 Å². The normalized spacial score (nSPS) is 9.75. The second-order valence-corrected chi connectivity index (χ2v) is 4.95. The minimum Gasteiger partial charge on any atom is -0.366 e. The number of carbonyl (C=O) groups is 2. The summed E-state index contributed by atoms with van der Waals surface area (Å²) in [4.78, 5) is 23.0. The van der Waals surface area contributed by atoms with E-state index < -0.39 is 11.9 Å². The van der Waals surface area contributed by atoms with Crippen LogP contribution in [0, 0.1) is 11.3 Å². The van der Waals surface area contributed by atoms with E-state index in [0.717, 1.165) is 10.4 Å². The van der Waals surface area contributed by atoms with E-state index in [4.69, 9.17) is 16.7 Å². The molecule has 3 amide bonds. The zero-order chi connectivity index (χ0) is 14.7. The third-order valence-corrected chi connectivity index (χ3v) is 3.63. The third kappa shape index (κ3) is 2.76. The van der Waals surface area contributed by atoms with Crippen molar-refractivity contribution in [3.05, 3.63) is 41.5 Å². The number of nitrogens with zero attached hydrogens (tertiary/aromatic N) is 1. The second kappa shape index (κ2) is 5.42. The molecule has 0 radical (unpaired) electrons. The van der Waals surface area contributed by atoms with Gasteiger partial charge in [-0.2, -0.15) is 5.26 Å². The van der Waals surface area contributed by atoms with E-state index >= 15 is 0 Å². The van der Waals surface area contributed by atoms with E-state index in [-0.39, 0.29) is 5.56 Å². The van der Waals surface area contributed by atoms with Crippen molar-refractivity contribution in [3.8, 4) is 16.5 Å². The van der Waals surface area contributed by atoms with Gasteiger partial charge in [0.2, 0.25) is 0 Å². The molecule has 0 saturated heterocycles. The number of nitrogens with two attached hydrogens (primary N) is 2. The summed E-state index contributed by atoms with van der Waals surface area (Å²) in [5.41, 5.74) is 11.9. The van der Waals surface area contributed by atoms with Gasteiger partial charge in [0.05, 0.1) is 17.2 Å². The van der Waals surface area contributed by atoms with E-state index in [1.807, 2.05) is 6.07 Å². The molecule has 100 valence electrons. The Kier molecular flexibility index (Phi) is 3.68. The maximum atomic E-state index is 11.3. The highest BCUT2D eigenvalue weighted by molar-refractivity contribution is 7.20. The standard InChI is InChI=1S/C13H10N4O2S/c14-6-7-1-3-8(4-2-7)10-5-9(11(15)18)12(20-10)17-13(16)19/h1-5H,(H2,15,18)(H3,16,17,19). The van der Waals surface area contributed by atoms with Gasteiger partial charge in [-0.1, -0.05) is 12.1 Å². The van der Waals surface area contributed by atoms with Crippen molar-refractivity contribution in [3.63, 3.8) is 0 Å².